The molecule has 1 N–H and O–H groups in total. The van der Waals surface area contributed by atoms with Crippen molar-refractivity contribution in [3.63, 3.8) is 0 Å². The summed E-state index contributed by atoms with van der Waals surface area (Å²) in [6.45, 7) is 0.905. The first kappa shape index (κ1) is 27.2. The standard InChI is InChI=1S/C25H23ClF3N3O3S/c1-18(12-13-19-8-4-2-5-9-19)30-31-24(33)17-32(36(34,35)21-10-6-3-7-11-21)20-14-15-23(26)22(16-20)25(27,28)29/h2-11,14-16H,12-13,17H2,1H3,(H,31,33)/b30-18-. The van der Waals surface area contributed by atoms with Crippen molar-refractivity contribution in [2.75, 3.05) is 10.8 Å². The molecule has 190 valence electrons. The molecule has 0 atom stereocenters. The van der Waals surface area contributed by atoms with Gasteiger partial charge in [-0.25, -0.2) is 13.8 Å². The number of nitrogens with zero attached hydrogens (tertiary/aromatic N) is 2. The molecule has 3 rings (SSSR count). The Balaban J connectivity index is 1.85. The van der Waals surface area contributed by atoms with Gasteiger partial charge in [0.25, 0.3) is 15.9 Å². The maximum atomic E-state index is 13.4. The molecule has 0 aliphatic heterocycles. The summed E-state index contributed by atoms with van der Waals surface area (Å²) in [5.74, 6) is -0.822. The Bertz CT molecular complexity index is 1330. The lowest BCUT2D eigenvalue weighted by atomic mass is 10.1. The number of hydrazone groups is 1. The molecule has 36 heavy (non-hydrogen) atoms. The summed E-state index contributed by atoms with van der Waals surface area (Å²) in [6, 6.07) is 19.4. The van der Waals surface area contributed by atoms with Gasteiger partial charge in [-0.15, -0.1) is 0 Å². The van der Waals surface area contributed by atoms with Gasteiger partial charge in [0.2, 0.25) is 0 Å². The molecule has 0 saturated carbocycles. The van der Waals surface area contributed by atoms with Gasteiger partial charge in [-0.1, -0.05) is 60.1 Å². The second-order valence-corrected chi connectivity index (χ2v) is 10.1. The van der Waals surface area contributed by atoms with E-state index in [0.717, 1.165) is 17.7 Å². The number of amides is 1. The zero-order valence-corrected chi connectivity index (χ0v) is 20.7. The summed E-state index contributed by atoms with van der Waals surface area (Å²) in [6.07, 6.45) is -3.59. The summed E-state index contributed by atoms with van der Waals surface area (Å²) in [5.41, 5.74) is 2.39. The highest BCUT2D eigenvalue weighted by atomic mass is 35.5. The topological polar surface area (TPSA) is 78.8 Å². The number of halogens is 4. The molecule has 0 spiro atoms. The molecule has 1 amide bonds. The smallest absolute Gasteiger partial charge is 0.271 e. The molecule has 0 aliphatic rings. The fourth-order valence-corrected chi connectivity index (χ4v) is 4.93. The Morgan fingerprint density at radius 2 is 1.61 bits per heavy atom. The van der Waals surface area contributed by atoms with E-state index in [0.29, 0.717) is 28.9 Å². The predicted octanol–water partition coefficient (Wildman–Crippen LogP) is 5.68. The van der Waals surface area contributed by atoms with Crippen molar-refractivity contribution in [3.8, 4) is 0 Å². The number of aryl methyl sites for hydroxylation is 1. The zero-order valence-electron chi connectivity index (χ0n) is 19.2. The van der Waals surface area contributed by atoms with Crippen LogP contribution in [0.25, 0.3) is 0 Å². The van der Waals surface area contributed by atoms with E-state index in [1.165, 1.54) is 24.3 Å². The number of nitrogens with one attached hydrogen (secondary N) is 1. The Morgan fingerprint density at radius 1 is 1.00 bits per heavy atom. The molecule has 0 heterocycles. The van der Waals surface area contributed by atoms with Crippen molar-refractivity contribution in [2.45, 2.75) is 30.8 Å². The average Bonchev–Trinajstić information content (AvgIpc) is 2.85. The van der Waals surface area contributed by atoms with Crippen LogP contribution < -0.4 is 9.73 Å². The SMILES string of the molecule is C/C(CCc1ccccc1)=N/NC(=O)CN(c1ccc(Cl)c(C(F)(F)F)c1)S(=O)(=O)c1ccccc1. The van der Waals surface area contributed by atoms with E-state index >= 15 is 0 Å². The predicted molar refractivity (Wildman–Crippen MR) is 133 cm³/mol. The van der Waals surface area contributed by atoms with Crippen LogP contribution in [-0.4, -0.2) is 26.6 Å². The molecular weight excluding hydrogens is 515 g/mol. The minimum atomic E-state index is -4.82. The molecule has 0 saturated heterocycles. The molecule has 6 nitrogen and oxygen atoms in total. The first-order chi connectivity index (χ1) is 17.0. The number of carbonyl (C=O) groups is 1. The average molecular weight is 538 g/mol. The van der Waals surface area contributed by atoms with Crippen LogP contribution in [0.3, 0.4) is 0 Å². The largest absolute Gasteiger partial charge is 0.417 e. The van der Waals surface area contributed by atoms with Crippen LogP contribution in [0.15, 0.2) is 88.9 Å². The normalized spacial score (nSPS) is 12.3. The van der Waals surface area contributed by atoms with Crippen LogP contribution in [0.4, 0.5) is 18.9 Å². The van der Waals surface area contributed by atoms with E-state index in [9.17, 15) is 26.4 Å². The van der Waals surface area contributed by atoms with Crippen molar-refractivity contribution in [1.29, 1.82) is 0 Å². The van der Waals surface area contributed by atoms with Gasteiger partial charge in [-0.3, -0.25) is 9.10 Å². The second kappa shape index (κ2) is 11.6. The van der Waals surface area contributed by atoms with Gasteiger partial charge in [-0.05, 0) is 55.7 Å². The van der Waals surface area contributed by atoms with E-state index in [1.807, 2.05) is 30.3 Å². The number of anilines is 1. The summed E-state index contributed by atoms with van der Waals surface area (Å²) in [5, 5.41) is 3.41. The van der Waals surface area contributed by atoms with Gasteiger partial charge in [-0.2, -0.15) is 18.3 Å². The molecule has 3 aromatic rings. The Morgan fingerprint density at radius 3 is 2.22 bits per heavy atom. The van der Waals surface area contributed by atoms with E-state index < -0.39 is 39.2 Å². The van der Waals surface area contributed by atoms with Crippen molar-refractivity contribution < 1.29 is 26.4 Å². The number of carbonyl (C=O) groups excluding carboxylic acids is 1. The number of rotatable bonds is 9. The molecule has 0 radical (unpaired) electrons. The van der Waals surface area contributed by atoms with Crippen molar-refractivity contribution >= 4 is 38.9 Å². The van der Waals surface area contributed by atoms with Crippen LogP contribution in [-0.2, 0) is 27.4 Å². The zero-order chi connectivity index (χ0) is 26.3. The second-order valence-electron chi connectivity index (χ2n) is 7.85. The van der Waals surface area contributed by atoms with Crippen LogP contribution in [0, 0.1) is 0 Å². The third-order valence-corrected chi connectivity index (χ3v) is 7.27. The van der Waals surface area contributed by atoms with Crippen LogP contribution in [0.5, 0.6) is 0 Å². The maximum absolute atomic E-state index is 13.4. The number of sulfonamides is 1. The van der Waals surface area contributed by atoms with E-state index in [-0.39, 0.29) is 10.6 Å². The van der Waals surface area contributed by atoms with Gasteiger partial charge in [0, 0.05) is 5.71 Å². The van der Waals surface area contributed by atoms with E-state index in [2.05, 4.69) is 10.5 Å². The molecular formula is C25H23ClF3N3O3S. The molecule has 0 fully saturated rings. The van der Waals surface area contributed by atoms with Crippen molar-refractivity contribution in [3.05, 3.63) is 95.0 Å². The third-order valence-electron chi connectivity index (χ3n) is 5.15. The lowest BCUT2D eigenvalue weighted by molar-refractivity contribution is -0.137. The lowest BCUT2D eigenvalue weighted by Gasteiger charge is -2.25. The summed E-state index contributed by atoms with van der Waals surface area (Å²) < 4.78 is 67.5. The van der Waals surface area contributed by atoms with Crippen molar-refractivity contribution in [2.24, 2.45) is 5.10 Å². The van der Waals surface area contributed by atoms with Gasteiger partial charge in [0.05, 0.1) is 21.2 Å². The minimum absolute atomic E-state index is 0.191. The van der Waals surface area contributed by atoms with E-state index in [4.69, 9.17) is 11.6 Å². The van der Waals surface area contributed by atoms with Crippen LogP contribution in [0.2, 0.25) is 5.02 Å². The van der Waals surface area contributed by atoms with Crippen LogP contribution in [0.1, 0.15) is 24.5 Å². The summed E-state index contributed by atoms with van der Waals surface area (Å²) >= 11 is 5.70. The van der Waals surface area contributed by atoms with Crippen molar-refractivity contribution in [1.82, 2.24) is 5.43 Å². The monoisotopic (exact) mass is 537 g/mol. The molecule has 3 aromatic carbocycles. The first-order valence-corrected chi connectivity index (χ1v) is 12.6. The van der Waals surface area contributed by atoms with E-state index in [1.54, 1.807) is 13.0 Å². The van der Waals surface area contributed by atoms with Gasteiger partial charge < -0.3 is 0 Å². The minimum Gasteiger partial charge on any atom is -0.271 e. The summed E-state index contributed by atoms with van der Waals surface area (Å²) in [4.78, 5) is 12.5. The number of hydrogen-bond acceptors (Lipinski definition) is 4. The highest BCUT2D eigenvalue weighted by Gasteiger charge is 2.35. The van der Waals surface area contributed by atoms with Gasteiger partial charge in [0.1, 0.15) is 6.54 Å². The number of hydrogen-bond donors (Lipinski definition) is 1. The highest BCUT2D eigenvalue weighted by Crippen LogP contribution is 2.38. The van der Waals surface area contributed by atoms with Crippen LogP contribution >= 0.6 is 11.6 Å². The van der Waals surface area contributed by atoms with Gasteiger partial charge >= 0.3 is 6.18 Å². The van der Waals surface area contributed by atoms with Gasteiger partial charge in [0.15, 0.2) is 0 Å². The maximum Gasteiger partial charge on any atom is 0.417 e. The first-order valence-electron chi connectivity index (χ1n) is 10.8. The Kier molecular flexibility index (Phi) is 8.75. The Hall–Kier alpha value is -3.37. The fourth-order valence-electron chi connectivity index (χ4n) is 3.27. The lowest BCUT2D eigenvalue weighted by Crippen LogP contribution is -2.40. The third kappa shape index (κ3) is 7.08. The highest BCUT2D eigenvalue weighted by molar-refractivity contribution is 7.92. The molecule has 0 unspecified atom stereocenters. The number of alkyl halides is 3. The quantitative estimate of drug-likeness (QED) is 0.282. The molecule has 0 aliphatic carbocycles. The molecule has 0 bridgehead atoms. The summed E-state index contributed by atoms with van der Waals surface area (Å²) in [7, 11) is -4.40. The fraction of sp³-hybridized carbons (Fsp3) is 0.200. The molecule has 0 aromatic heterocycles. The Labute approximate surface area is 212 Å². The number of benzene rings is 3. The molecule has 11 heteroatoms.